The van der Waals surface area contributed by atoms with Gasteiger partial charge in [0.15, 0.2) is 11.5 Å². The van der Waals surface area contributed by atoms with Crippen LogP contribution in [-0.4, -0.2) is 43.8 Å². The topological polar surface area (TPSA) is 115 Å². The van der Waals surface area contributed by atoms with Gasteiger partial charge in [-0.3, -0.25) is 20.4 Å². The van der Waals surface area contributed by atoms with Gasteiger partial charge in [0.1, 0.15) is 5.60 Å². The first-order valence-corrected chi connectivity index (χ1v) is 9.03. The van der Waals surface area contributed by atoms with Crippen molar-refractivity contribution in [3.63, 3.8) is 0 Å². The molecule has 3 N–H and O–H groups in total. The number of methoxy groups -OCH3 is 1. The number of carbonyl (C=O) groups excluding carboxylic acids is 3. The van der Waals surface area contributed by atoms with Gasteiger partial charge in [0.25, 0.3) is 5.91 Å². The molecule has 0 aromatic heterocycles. The molecular weight excluding hydrogens is 366 g/mol. The molecule has 1 rings (SSSR count). The number of benzene rings is 1. The lowest BCUT2D eigenvalue weighted by Gasteiger charge is -2.19. The molecule has 0 aliphatic rings. The highest BCUT2D eigenvalue weighted by Gasteiger charge is 2.16. The zero-order valence-electron chi connectivity index (χ0n) is 17.0. The average molecular weight is 395 g/mol. The number of alkyl carbamates (subject to hydrolysis) is 1. The summed E-state index contributed by atoms with van der Waals surface area (Å²) in [4.78, 5) is 35.4. The molecule has 9 nitrogen and oxygen atoms in total. The molecular formula is C19H29N3O6. The molecule has 0 heterocycles. The smallest absolute Gasteiger partial charge is 0.407 e. The fourth-order valence-electron chi connectivity index (χ4n) is 2.10. The molecule has 0 spiro atoms. The van der Waals surface area contributed by atoms with Crippen LogP contribution in [0.3, 0.4) is 0 Å². The van der Waals surface area contributed by atoms with E-state index in [0.717, 1.165) is 0 Å². The molecule has 0 aliphatic carbocycles. The zero-order chi connectivity index (χ0) is 21.2. The minimum Gasteiger partial charge on any atom is -0.493 e. The van der Waals surface area contributed by atoms with Crippen molar-refractivity contribution in [2.75, 3.05) is 20.3 Å². The second-order valence-electron chi connectivity index (χ2n) is 6.83. The molecule has 3 amide bonds. The zero-order valence-corrected chi connectivity index (χ0v) is 17.0. The van der Waals surface area contributed by atoms with Crippen molar-refractivity contribution in [1.29, 1.82) is 0 Å². The molecule has 0 aliphatic heterocycles. The normalized spacial score (nSPS) is 10.6. The van der Waals surface area contributed by atoms with E-state index in [0.29, 0.717) is 30.1 Å². The third-order valence-corrected chi connectivity index (χ3v) is 3.29. The van der Waals surface area contributed by atoms with Gasteiger partial charge in [-0.15, -0.1) is 0 Å². The van der Waals surface area contributed by atoms with Gasteiger partial charge in [-0.2, -0.15) is 0 Å². The summed E-state index contributed by atoms with van der Waals surface area (Å²) in [6.45, 7) is 7.90. The van der Waals surface area contributed by atoms with Gasteiger partial charge in [0, 0.05) is 18.5 Å². The Bertz CT molecular complexity index is 685. The highest BCUT2D eigenvalue weighted by atomic mass is 16.6. The summed E-state index contributed by atoms with van der Waals surface area (Å²) >= 11 is 0. The molecule has 0 fully saturated rings. The van der Waals surface area contributed by atoms with Crippen LogP contribution in [0.4, 0.5) is 4.79 Å². The number of rotatable bonds is 8. The van der Waals surface area contributed by atoms with Crippen LogP contribution in [0.15, 0.2) is 18.2 Å². The van der Waals surface area contributed by atoms with E-state index in [4.69, 9.17) is 14.2 Å². The molecule has 0 atom stereocenters. The molecule has 0 saturated heterocycles. The Morgan fingerprint density at radius 3 is 2.39 bits per heavy atom. The number of hydrogen-bond donors (Lipinski definition) is 3. The largest absolute Gasteiger partial charge is 0.493 e. The molecule has 1 aromatic carbocycles. The lowest BCUT2D eigenvalue weighted by molar-refractivity contribution is -0.121. The minimum atomic E-state index is -0.574. The Labute approximate surface area is 165 Å². The summed E-state index contributed by atoms with van der Waals surface area (Å²) in [7, 11) is 1.48. The predicted molar refractivity (Wildman–Crippen MR) is 103 cm³/mol. The van der Waals surface area contributed by atoms with Gasteiger partial charge >= 0.3 is 6.09 Å². The summed E-state index contributed by atoms with van der Waals surface area (Å²) in [6, 6.07) is 4.72. The van der Waals surface area contributed by atoms with Crippen LogP contribution in [0.2, 0.25) is 0 Å². The van der Waals surface area contributed by atoms with Crippen LogP contribution in [0, 0.1) is 0 Å². The maximum absolute atomic E-state index is 12.1. The summed E-state index contributed by atoms with van der Waals surface area (Å²) in [6.07, 6.45) is -0.00815. The van der Waals surface area contributed by atoms with Crippen LogP contribution in [0.25, 0.3) is 0 Å². The van der Waals surface area contributed by atoms with Crippen molar-refractivity contribution in [3.05, 3.63) is 23.8 Å². The van der Waals surface area contributed by atoms with E-state index in [1.54, 1.807) is 32.9 Å². The highest BCUT2D eigenvalue weighted by Crippen LogP contribution is 2.27. The second-order valence-corrected chi connectivity index (χ2v) is 6.83. The maximum Gasteiger partial charge on any atom is 0.407 e. The molecule has 0 radical (unpaired) electrons. The highest BCUT2D eigenvalue weighted by molar-refractivity contribution is 5.96. The van der Waals surface area contributed by atoms with Crippen LogP contribution in [-0.2, 0) is 9.53 Å². The van der Waals surface area contributed by atoms with Crippen LogP contribution in [0.1, 0.15) is 50.9 Å². The maximum atomic E-state index is 12.1. The van der Waals surface area contributed by atoms with Crippen molar-refractivity contribution < 1.29 is 28.6 Å². The quantitative estimate of drug-likeness (QED) is 0.459. The monoisotopic (exact) mass is 395 g/mol. The van der Waals surface area contributed by atoms with E-state index in [-0.39, 0.29) is 18.9 Å². The first-order chi connectivity index (χ1) is 13.2. The van der Waals surface area contributed by atoms with Crippen molar-refractivity contribution >= 4 is 17.9 Å². The number of carbonyl (C=O) groups is 3. The Morgan fingerprint density at radius 1 is 1.07 bits per heavy atom. The summed E-state index contributed by atoms with van der Waals surface area (Å²) in [5, 5.41) is 2.56. The lowest BCUT2D eigenvalue weighted by atomic mass is 10.2. The van der Waals surface area contributed by atoms with Gasteiger partial charge in [-0.1, -0.05) is 0 Å². The SMILES string of the molecule is CCOc1ccc(C(=O)NNC(=O)CCCNC(=O)OC(C)(C)C)cc1OC. The molecule has 28 heavy (non-hydrogen) atoms. The molecule has 1 aromatic rings. The Balaban J connectivity index is 2.36. The third-order valence-electron chi connectivity index (χ3n) is 3.29. The van der Waals surface area contributed by atoms with Crippen LogP contribution in [0.5, 0.6) is 11.5 Å². The minimum absolute atomic E-state index is 0.128. The van der Waals surface area contributed by atoms with Gasteiger partial charge in [0.2, 0.25) is 5.91 Å². The van der Waals surface area contributed by atoms with Gasteiger partial charge in [0.05, 0.1) is 13.7 Å². The summed E-state index contributed by atoms with van der Waals surface area (Å²) < 4.78 is 15.7. The van der Waals surface area contributed by atoms with E-state index in [2.05, 4.69) is 16.2 Å². The Hall–Kier alpha value is -2.97. The molecule has 156 valence electrons. The van der Waals surface area contributed by atoms with E-state index in [9.17, 15) is 14.4 Å². The molecule has 0 unspecified atom stereocenters. The van der Waals surface area contributed by atoms with Crippen molar-refractivity contribution in [2.24, 2.45) is 0 Å². The molecule has 0 saturated carbocycles. The van der Waals surface area contributed by atoms with Gasteiger partial charge in [-0.05, 0) is 52.3 Å². The first kappa shape index (κ1) is 23.1. The number of hydrazine groups is 1. The molecule has 9 heteroatoms. The van der Waals surface area contributed by atoms with E-state index in [1.807, 2.05) is 6.92 Å². The fraction of sp³-hybridized carbons (Fsp3) is 0.526. The van der Waals surface area contributed by atoms with Crippen LogP contribution < -0.4 is 25.6 Å². The van der Waals surface area contributed by atoms with E-state index in [1.165, 1.54) is 13.2 Å². The number of hydrogen-bond acceptors (Lipinski definition) is 6. The lowest BCUT2D eigenvalue weighted by Crippen LogP contribution is -2.41. The van der Waals surface area contributed by atoms with Crippen molar-refractivity contribution in [1.82, 2.24) is 16.2 Å². The number of nitrogens with one attached hydrogen (secondary N) is 3. The summed E-state index contributed by atoms with van der Waals surface area (Å²) in [5.74, 6) is 0.0935. The standard InChI is InChI=1S/C19H29N3O6/c1-6-27-14-10-9-13(12-15(14)26-5)17(24)22-21-16(23)8-7-11-20-18(25)28-19(2,3)4/h9-10,12H,6-8,11H2,1-5H3,(H,20,25)(H,21,23)(H,22,24). The third kappa shape index (κ3) is 8.61. The van der Waals surface area contributed by atoms with Crippen molar-refractivity contribution in [2.45, 2.75) is 46.1 Å². The first-order valence-electron chi connectivity index (χ1n) is 9.03. The van der Waals surface area contributed by atoms with Gasteiger partial charge in [-0.25, -0.2) is 4.79 Å². The average Bonchev–Trinajstić information content (AvgIpc) is 2.62. The van der Waals surface area contributed by atoms with Crippen molar-refractivity contribution in [3.8, 4) is 11.5 Å². The Morgan fingerprint density at radius 2 is 1.79 bits per heavy atom. The van der Waals surface area contributed by atoms with E-state index < -0.39 is 17.6 Å². The van der Waals surface area contributed by atoms with Gasteiger partial charge < -0.3 is 19.5 Å². The second kappa shape index (κ2) is 11.0. The molecule has 0 bridgehead atoms. The number of ether oxygens (including phenoxy) is 3. The van der Waals surface area contributed by atoms with Crippen LogP contribution >= 0.6 is 0 Å². The Kier molecular flexibility index (Phi) is 9.07. The summed E-state index contributed by atoms with van der Waals surface area (Å²) in [5.41, 5.74) is 4.40. The van der Waals surface area contributed by atoms with E-state index >= 15 is 0 Å². The fourth-order valence-corrected chi connectivity index (χ4v) is 2.10. The predicted octanol–water partition coefficient (Wildman–Crippen LogP) is 2.16. The number of amides is 3.